The van der Waals surface area contributed by atoms with E-state index in [-0.39, 0.29) is 6.61 Å². The molecule has 0 saturated heterocycles. The normalized spacial score (nSPS) is 17.7. The van der Waals surface area contributed by atoms with Crippen molar-refractivity contribution in [3.05, 3.63) is 17.7 Å². The summed E-state index contributed by atoms with van der Waals surface area (Å²) in [6, 6.07) is 0. The fourth-order valence-corrected chi connectivity index (χ4v) is 1.06. The number of nitrogens with zero attached hydrogens (tertiary/aromatic N) is 1. The van der Waals surface area contributed by atoms with Crippen LogP contribution in [0.25, 0.3) is 0 Å². The van der Waals surface area contributed by atoms with Gasteiger partial charge in [-0.1, -0.05) is 0 Å². The van der Waals surface area contributed by atoms with Gasteiger partial charge in [-0.05, 0) is 12.8 Å². The van der Waals surface area contributed by atoms with E-state index in [1.165, 1.54) is 18.5 Å². The van der Waals surface area contributed by atoms with Crippen LogP contribution in [0.2, 0.25) is 0 Å². The van der Waals surface area contributed by atoms with E-state index in [9.17, 15) is 0 Å². The number of H-pyrrole nitrogens is 1. The van der Waals surface area contributed by atoms with Crippen molar-refractivity contribution in [1.82, 2.24) is 9.97 Å². The highest BCUT2D eigenvalue weighted by Crippen LogP contribution is 2.38. The van der Waals surface area contributed by atoms with Crippen molar-refractivity contribution in [3.8, 4) is 0 Å². The monoisotopic (exact) mass is 138 g/mol. The van der Waals surface area contributed by atoms with Crippen LogP contribution in [0.5, 0.6) is 0 Å². The summed E-state index contributed by atoms with van der Waals surface area (Å²) in [6.45, 7) is 0.0206. The summed E-state index contributed by atoms with van der Waals surface area (Å²) >= 11 is 0. The summed E-state index contributed by atoms with van der Waals surface area (Å²) in [6.07, 6.45) is 4.36. The summed E-state index contributed by atoms with van der Waals surface area (Å²) < 4.78 is 0. The molecule has 10 heavy (non-hydrogen) atoms. The van der Waals surface area contributed by atoms with Crippen LogP contribution >= 0.6 is 0 Å². The first-order valence-corrected chi connectivity index (χ1v) is 3.55. The van der Waals surface area contributed by atoms with Crippen molar-refractivity contribution >= 4 is 0 Å². The fourth-order valence-electron chi connectivity index (χ4n) is 1.06. The SMILES string of the molecule is OCc1ncc(C2CC2)[nH]1. The number of rotatable bonds is 2. The Morgan fingerprint density at radius 3 is 3.00 bits per heavy atom. The number of aliphatic hydroxyl groups excluding tert-OH is 1. The zero-order valence-electron chi connectivity index (χ0n) is 5.67. The summed E-state index contributed by atoms with van der Waals surface area (Å²) in [5.74, 6) is 1.38. The molecule has 54 valence electrons. The highest BCUT2D eigenvalue weighted by atomic mass is 16.3. The standard InChI is InChI=1S/C7H10N2O/c10-4-7-8-3-6(9-7)5-1-2-5/h3,5,10H,1-2,4H2,(H,8,9). The van der Waals surface area contributed by atoms with Gasteiger partial charge in [0, 0.05) is 17.8 Å². The molecule has 0 aromatic carbocycles. The Kier molecular flexibility index (Phi) is 1.24. The van der Waals surface area contributed by atoms with Gasteiger partial charge in [-0.15, -0.1) is 0 Å². The molecule has 1 aliphatic carbocycles. The van der Waals surface area contributed by atoms with E-state index in [0.29, 0.717) is 11.7 Å². The van der Waals surface area contributed by atoms with Crippen LogP contribution < -0.4 is 0 Å². The minimum atomic E-state index is 0.0206. The van der Waals surface area contributed by atoms with E-state index < -0.39 is 0 Å². The zero-order chi connectivity index (χ0) is 6.97. The summed E-state index contributed by atoms with van der Waals surface area (Å²) in [5, 5.41) is 8.66. The maximum Gasteiger partial charge on any atom is 0.132 e. The van der Waals surface area contributed by atoms with Crippen LogP contribution in [0.15, 0.2) is 6.20 Å². The van der Waals surface area contributed by atoms with E-state index in [4.69, 9.17) is 5.11 Å². The lowest BCUT2D eigenvalue weighted by atomic mass is 10.3. The molecule has 1 fully saturated rings. The minimum Gasteiger partial charge on any atom is -0.388 e. The van der Waals surface area contributed by atoms with Gasteiger partial charge < -0.3 is 10.1 Å². The van der Waals surface area contributed by atoms with Gasteiger partial charge in [0.25, 0.3) is 0 Å². The highest BCUT2D eigenvalue weighted by Gasteiger charge is 2.25. The van der Waals surface area contributed by atoms with Crippen molar-refractivity contribution in [2.45, 2.75) is 25.4 Å². The zero-order valence-corrected chi connectivity index (χ0v) is 5.67. The molecule has 0 amide bonds. The van der Waals surface area contributed by atoms with Crippen molar-refractivity contribution in [2.75, 3.05) is 0 Å². The third kappa shape index (κ3) is 0.926. The highest BCUT2D eigenvalue weighted by molar-refractivity contribution is 5.12. The first-order valence-electron chi connectivity index (χ1n) is 3.55. The number of nitrogens with one attached hydrogen (secondary N) is 1. The van der Waals surface area contributed by atoms with E-state index in [1.807, 2.05) is 6.20 Å². The van der Waals surface area contributed by atoms with Gasteiger partial charge >= 0.3 is 0 Å². The van der Waals surface area contributed by atoms with Gasteiger partial charge in [-0.2, -0.15) is 0 Å². The topological polar surface area (TPSA) is 48.9 Å². The van der Waals surface area contributed by atoms with Gasteiger partial charge in [-0.25, -0.2) is 4.98 Å². The molecule has 1 heterocycles. The van der Waals surface area contributed by atoms with Crippen LogP contribution in [-0.2, 0) is 6.61 Å². The van der Waals surface area contributed by atoms with Gasteiger partial charge in [-0.3, -0.25) is 0 Å². The maximum absolute atomic E-state index is 8.66. The number of aliphatic hydroxyl groups is 1. The minimum absolute atomic E-state index is 0.0206. The molecule has 0 aliphatic heterocycles. The maximum atomic E-state index is 8.66. The molecule has 3 nitrogen and oxygen atoms in total. The van der Waals surface area contributed by atoms with Gasteiger partial charge in [0.05, 0.1) is 0 Å². The quantitative estimate of drug-likeness (QED) is 0.634. The fraction of sp³-hybridized carbons (Fsp3) is 0.571. The Morgan fingerprint density at radius 2 is 2.50 bits per heavy atom. The predicted molar refractivity (Wildman–Crippen MR) is 36.5 cm³/mol. The van der Waals surface area contributed by atoms with Gasteiger partial charge in [0.2, 0.25) is 0 Å². The molecule has 0 bridgehead atoms. The molecule has 0 spiro atoms. The molecule has 0 radical (unpaired) electrons. The Hall–Kier alpha value is -0.830. The van der Waals surface area contributed by atoms with Crippen LogP contribution in [0.3, 0.4) is 0 Å². The predicted octanol–water partition coefficient (Wildman–Crippen LogP) is 0.779. The third-order valence-electron chi connectivity index (χ3n) is 1.82. The van der Waals surface area contributed by atoms with E-state index >= 15 is 0 Å². The van der Waals surface area contributed by atoms with E-state index in [0.717, 1.165) is 0 Å². The smallest absolute Gasteiger partial charge is 0.132 e. The number of aromatic nitrogens is 2. The lowest BCUT2D eigenvalue weighted by Crippen LogP contribution is -1.85. The molecule has 1 aromatic rings. The van der Waals surface area contributed by atoms with E-state index in [1.54, 1.807) is 0 Å². The van der Waals surface area contributed by atoms with Crippen molar-refractivity contribution in [1.29, 1.82) is 0 Å². The van der Waals surface area contributed by atoms with Crippen LogP contribution in [-0.4, -0.2) is 15.1 Å². The molecular weight excluding hydrogens is 128 g/mol. The molecular formula is C7H10N2O. The summed E-state index contributed by atoms with van der Waals surface area (Å²) in [5.41, 5.74) is 1.18. The lowest BCUT2D eigenvalue weighted by molar-refractivity contribution is 0.272. The molecule has 1 saturated carbocycles. The number of imidazole rings is 1. The molecule has 3 heteroatoms. The molecule has 0 atom stereocenters. The van der Waals surface area contributed by atoms with Crippen LogP contribution in [0.1, 0.15) is 30.3 Å². The molecule has 1 aromatic heterocycles. The van der Waals surface area contributed by atoms with E-state index in [2.05, 4.69) is 9.97 Å². The number of hydrogen-bond donors (Lipinski definition) is 2. The number of aromatic amines is 1. The van der Waals surface area contributed by atoms with Crippen molar-refractivity contribution in [3.63, 3.8) is 0 Å². The second-order valence-electron chi connectivity index (χ2n) is 2.72. The largest absolute Gasteiger partial charge is 0.388 e. The third-order valence-corrected chi connectivity index (χ3v) is 1.82. The summed E-state index contributed by atoms with van der Waals surface area (Å²) in [4.78, 5) is 7.05. The Morgan fingerprint density at radius 1 is 1.70 bits per heavy atom. The average molecular weight is 138 g/mol. The number of hydrogen-bond acceptors (Lipinski definition) is 2. The second-order valence-corrected chi connectivity index (χ2v) is 2.72. The van der Waals surface area contributed by atoms with Gasteiger partial charge in [0.15, 0.2) is 0 Å². The van der Waals surface area contributed by atoms with Gasteiger partial charge in [0.1, 0.15) is 12.4 Å². The average Bonchev–Trinajstić information content (AvgIpc) is 2.70. The first kappa shape index (κ1) is 5.92. The Balaban J connectivity index is 2.19. The summed E-state index contributed by atoms with van der Waals surface area (Å²) in [7, 11) is 0. The first-order chi connectivity index (χ1) is 4.90. The molecule has 2 N–H and O–H groups in total. The molecule has 1 aliphatic rings. The molecule has 0 unspecified atom stereocenters. The Labute approximate surface area is 59.1 Å². The molecule has 2 rings (SSSR count). The van der Waals surface area contributed by atoms with Crippen molar-refractivity contribution in [2.24, 2.45) is 0 Å². The lowest BCUT2D eigenvalue weighted by Gasteiger charge is -1.87. The second kappa shape index (κ2) is 2.09. The van der Waals surface area contributed by atoms with Crippen molar-refractivity contribution < 1.29 is 5.11 Å². The van der Waals surface area contributed by atoms with Crippen LogP contribution in [0.4, 0.5) is 0 Å². The van der Waals surface area contributed by atoms with Crippen LogP contribution in [0, 0.1) is 0 Å². The Bertz CT molecular complexity index is 227.